The van der Waals surface area contributed by atoms with E-state index in [1.807, 2.05) is 41.8 Å². The molecule has 2 aromatic carbocycles. The molecule has 0 saturated carbocycles. The molecule has 134 valence electrons. The number of ether oxygens (including phenoxy) is 2. The summed E-state index contributed by atoms with van der Waals surface area (Å²) in [5, 5.41) is 8.88. The normalized spacial score (nSPS) is 11.0. The monoisotopic (exact) mass is 369 g/mol. The molecule has 0 aliphatic rings. The molecule has 1 heterocycles. The van der Waals surface area contributed by atoms with E-state index in [9.17, 15) is 4.79 Å². The van der Waals surface area contributed by atoms with Crippen molar-refractivity contribution in [2.24, 2.45) is 5.10 Å². The first-order valence-electron chi connectivity index (χ1n) is 8.15. The van der Waals surface area contributed by atoms with Gasteiger partial charge in [0.05, 0.1) is 32.0 Å². The van der Waals surface area contributed by atoms with Crippen LogP contribution in [0.2, 0.25) is 0 Å². The Morgan fingerprint density at radius 2 is 2.08 bits per heavy atom. The lowest BCUT2D eigenvalue weighted by Crippen LogP contribution is -2.07. The third kappa shape index (κ3) is 4.58. The van der Waals surface area contributed by atoms with Gasteiger partial charge >= 0.3 is 5.97 Å². The molecule has 0 saturated heterocycles. The van der Waals surface area contributed by atoms with Gasteiger partial charge in [-0.2, -0.15) is 5.10 Å². The second kappa shape index (κ2) is 8.44. The molecular formula is C19H19N3O3S. The van der Waals surface area contributed by atoms with Crippen molar-refractivity contribution in [2.45, 2.75) is 13.3 Å². The third-order valence-corrected chi connectivity index (χ3v) is 4.42. The van der Waals surface area contributed by atoms with Crippen LogP contribution in [0.1, 0.15) is 18.2 Å². The van der Waals surface area contributed by atoms with Crippen LogP contribution in [0.4, 0.5) is 5.13 Å². The van der Waals surface area contributed by atoms with Gasteiger partial charge in [-0.1, -0.05) is 18.2 Å². The summed E-state index contributed by atoms with van der Waals surface area (Å²) in [6.07, 6.45) is 1.90. The molecule has 0 spiro atoms. The fourth-order valence-corrected chi connectivity index (χ4v) is 3.07. The van der Waals surface area contributed by atoms with Gasteiger partial charge in [-0.15, -0.1) is 11.3 Å². The maximum atomic E-state index is 11.5. The summed E-state index contributed by atoms with van der Waals surface area (Å²) in [4.78, 5) is 15.8. The number of hydrogen-bond donors (Lipinski definition) is 1. The first-order valence-corrected chi connectivity index (χ1v) is 9.03. The Labute approximate surface area is 155 Å². The maximum absolute atomic E-state index is 11.5. The van der Waals surface area contributed by atoms with Gasteiger partial charge in [0, 0.05) is 5.38 Å². The van der Waals surface area contributed by atoms with Crippen LogP contribution in [0.25, 0.3) is 10.8 Å². The fraction of sp³-hybridized carbons (Fsp3) is 0.211. The molecule has 0 aliphatic heterocycles. The van der Waals surface area contributed by atoms with E-state index in [4.69, 9.17) is 9.47 Å². The van der Waals surface area contributed by atoms with Crippen LogP contribution < -0.4 is 10.2 Å². The highest BCUT2D eigenvalue weighted by Crippen LogP contribution is 2.21. The molecule has 0 amide bonds. The van der Waals surface area contributed by atoms with Crippen molar-refractivity contribution >= 4 is 39.4 Å². The number of hydrazone groups is 1. The summed E-state index contributed by atoms with van der Waals surface area (Å²) >= 11 is 1.39. The zero-order chi connectivity index (χ0) is 18.4. The van der Waals surface area contributed by atoms with E-state index in [0.717, 1.165) is 22.1 Å². The molecule has 0 aliphatic carbocycles. The number of nitrogens with one attached hydrogen (secondary N) is 1. The number of aromatic nitrogens is 1. The standard InChI is InChI=1S/C19H19N3O3S/c1-3-25-18(23)10-16-12-26-19(21-16)22-20-11-13-4-5-15-9-17(24-2)7-6-14(15)8-13/h4-9,11-12H,3,10H2,1-2H3,(H,21,22). The van der Waals surface area contributed by atoms with Crippen molar-refractivity contribution in [3.63, 3.8) is 0 Å². The zero-order valence-corrected chi connectivity index (χ0v) is 15.4. The molecule has 0 bridgehead atoms. The highest BCUT2D eigenvalue weighted by Gasteiger charge is 2.07. The quantitative estimate of drug-likeness (QED) is 0.389. The van der Waals surface area contributed by atoms with E-state index >= 15 is 0 Å². The number of thiazole rings is 1. The minimum Gasteiger partial charge on any atom is -0.497 e. The van der Waals surface area contributed by atoms with Crippen LogP contribution in [-0.2, 0) is 16.0 Å². The number of anilines is 1. The van der Waals surface area contributed by atoms with Gasteiger partial charge in [0.15, 0.2) is 0 Å². The average Bonchev–Trinajstić information content (AvgIpc) is 3.08. The van der Waals surface area contributed by atoms with Crippen LogP contribution in [-0.4, -0.2) is 30.9 Å². The number of rotatable bonds is 7. The van der Waals surface area contributed by atoms with E-state index in [-0.39, 0.29) is 12.4 Å². The zero-order valence-electron chi connectivity index (χ0n) is 14.6. The summed E-state index contributed by atoms with van der Waals surface area (Å²) in [6.45, 7) is 2.15. The summed E-state index contributed by atoms with van der Waals surface area (Å²) in [6, 6.07) is 12.0. The van der Waals surface area contributed by atoms with Crippen LogP contribution in [0.3, 0.4) is 0 Å². The molecular weight excluding hydrogens is 350 g/mol. The molecule has 0 unspecified atom stereocenters. The molecule has 1 N–H and O–H groups in total. The number of carbonyl (C=O) groups is 1. The van der Waals surface area contributed by atoms with E-state index in [1.165, 1.54) is 11.3 Å². The number of nitrogens with zero attached hydrogens (tertiary/aromatic N) is 2. The van der Waals surface area contributed by atoms with Crippen molar-refractivity contribution < 1.29 is 14.3 Å². The van der Waals surface area contributed by atoms with E-state index in [2.05, 4.69) is 15.5 Å². The van der Waals surface area contributed by atoms with Crippen molar-refractivity contribution in [1.29, 1.82) is 0 Å². The summed E-state index contributed by atoms with van der Waals surface area (Å²) < 4.78 is 10.1. The first kappa shape index (κ1) is 17.9. The average molecular weight is 369 g/mol. The number of fused-ring (bicyclic) bond motifs is 1. The smallest absolute Gasteiger partial charge is 0.311 e. The van der Waals surface area contributed by atoms with Gasteiger partial charge in [0.2, 0.25) is 5.13 Å². The Balaban J connectivity index is 1.62. The predicted molar refractivity (Wildman–Crippen MR) is 104 cm³/mol. The van der Waals surface area contributed by atoms with Crippen molar-refractivity contribution in [1.82, 2.24) is 4.98 Å². The molecule has 26 heavy (non-hydrogen) atoms. The number of carbonyl (C=O) groups excluding carboxylic acids is 1. The van der Waals surface area contributed by atoms with Crippen LogP contribution >= 0.6 is 11.3 Å². The molecule has 0 fully saturated rings. The maximum Gasteiger partial charge on any atom is 0.311 e. The van der Waals surface area contributed by atoms with Gasteiger partial charge in [-0.05, 0) is 41.5 Å². The first-order chi connectivity index (χ1) is 12.7. The summed E-state index contributed by atoms with van der Waals surface area (Å²) in [5.41, 5.74) is 4.53. The molecule has 6 nitrogen and oxygen atoms in total. The number of hydrogen-bond acceptors (Lipinski definition) is 7. The van der Waals surface area contributed by atoms with Gasteiger partial charge in [-0.3, -0.25) is 10.2 Å². The van der Waals surface area contributed by atoms with Gasteiger partial charge in [-0.25, -0.2) is 4.98 Å². The molecule has 0 atom stereocenters. The lowest BCUT2D eigenvalue weighted by atomic mass is 10.1. The summed E-state index contributed by atoms with van der Waals surface area (Å²) in [5.74, 6) is 0.559. The Morgan fingerprint density at radius 1 is 1.27 bits per heavy atom. The molecule has 3 rings (SSSR count). The molecule has 7 heteroatoms. The minimum atomic E-state index is -0.277. The Bertz CT molecular complexity index is 937. The van der Waals surface area contributed by atoms with Crippen molar-refractivity contribution in [2.75, 3.05) is 19.1 Å². The van der Waals surface area contributed by atoms with E-state index < -0.39 is 0 Å². The van der Waals surface area contributed by atoms with Crippen LogP contribution in [0.5, 0.6) is 5.75 Å². The van der Waals surface area contributed by atoms with Gasteiger partial charge in [0.1, 0.15) is 5.75 Å². The number of benzene rings is 2. The Kier molecular flexibility index (Phi) is 5.80. The Hall–Kier alpha value is -2.93. The highest BCUT2D eigenvalue weighted by molar-refractivity contribution is 7.13. The second-order valence-corrected chi connectivity index (χ2v) is 6.33. The fourth-order valence-electron chi connectivity index (χ4n) is 2.41. The number of methoxy groups -OCH3 is 1. The lowest BCUT2D eigenvalue weighted by Gasteiger charge is -2.03. The molecule has 3 aromatic rings. The third-order valence-electron chi connectivity index (χ3n) is 3.63. The minimum absolute atomic E-state index is 0.171. The molecule has 0 radical (unpaired) electrons. The highest BCUT2D eigenvalue weighted by atomic mass is 32.1. The van der Waals surface area contributed by atoms with Crippen molar-refractivity contribution in [3.05, 3.63) is 53.0 Å². The summed E-state index contributed by atoms with van der Waals surface area (Å²) in [7, 11) is 1.66. The largest absolute Gasteiger partial charge is 0.497 e. The van der Waals surface area contributed by atoms with Gasteiger partial charge < -0.3 is 9.47 Å². The molecule has 1 aromatic heterocycles. The SMILES string of the molecule is CCOC(=O)Cc1csc(NN=Cc2ccc3cc(OC)ccc3c2)n1. The van der Waals surface area contributed by atoms with Gasteiger partial charge in [0.25, 0.3) is 0 Å². The number of esters is 1. The topological polar surface area (TPSA) is 72.8 Å². The predicted octanol–water partition coefficient (Wildman–Crippen LogP) is 3.86. The van der Waals surface area contributed by atoms with E-state index in [1.54, 1.807) is 20.2 Å². The Morgan fingerprint density at radius 3 is 2.88 bits per heavy atom. The van der Waals surface area contributed by atoms with Crippen molar-refractivity contribution in [3.8, 4) is 5.75 Å². The second-order valence-electron chi connectivity index (χ2n) is 5.47. The van der Waals surface area contributed by atoms with E-state index in [0.29, 0.717) is 17.4 Å². The lowest BCUT2D eigenvalue weighted by molar-refractivity contribution is -0.142. The van der Waals surface area contributed by atoms with Crippen LogP contribution in [0.15, 0.2) is 46.9 Å². The van der Waals surface area contributed by atoms with Crippen LogP contribution in [0, 0.1) is 0 Å².